The highest BCUT2D eigenvalue weighted by molar-refractivity contribution is 5.85. The zero-order valence-electron chi connectivity index (χ0n) is 11.5. The fraction of sp³-hybridized carbons (Fsp3) is 0.600. The number of nitrogens with zero attached hydrogens (tertiary/aromatic N) is 1. The number of hydrogen-bond donors (Lipinski definition) is 1. The minimum Gasteiger partial charge on any atom is -0.330 e. The monoisotopic (exact) mass is 268 g/mol. The van der Waals surface area contributed by atoms with E-state index in [2.05, 4.69) is 36.9 Å². The summed E-state index contributed by atoms with van der Waals surface area (Å²) in [4.78, 5) is 2.56. The molecular weight excluding hydrogens is 244 g/mol. The van der Waals surface area contributed by atoms with Crippen LogP contribution in [0.1, 0.15) is 29.5 Å². The molecule has 18 heavy (non-hydrogen) atoms. The van der Waals surface area contributed by atoms with Gasteiger partial charge in [-0.25, -0.2) is 0 Å². The van der Waals surface area contributed by atoms with E-state index in [1.165, 1.54) is 42.6 Å². The van der Waals surface area contributed by atoms with E-state index in [4.69, 9.17) is 5.73 Å². The second-order valence-electron chi connectivity index (χ2n) is 5.34. The molecule has 0 bridgehead atoms. The first-order chi connectivity index (χ1) is 8.20. The van der Waals surface area contributed by atoms with Crippen LogP contribution < -0.4 is 5.73 Å². The molecule has 1 unspecified atom stereocenters. The normalized spacial score (nSPS) is 20.5. The van der Waals surface area contributed by atoms with Gasteiger partial charge in [0.25, 0.3) is 0 Å². The van der Waals surface area contributed by atoms with Gasteiger partial charge in [0.1, 0.15) is 0 Å². The maximum Gasteiger partial charge on any atom is 0.0236 e. The fourth-order valence-electron chi connectivity index (χ4n) is 2.71. The highest BCUT2D eigenvalue weighted by atomic mass is 35.5. The van der Waals surface area contributed by atoms with Crippen LogP contribution in [0.3, 0.4) is 0 Å². The van der Waals surface area contributed by atoms with E-state index in [1.54, 1.807) is 0 Å². The molecule has 2 N–H and O–H groups in total. The number of halogens is 1. The number of aryl methyl sites for hydroxylation is 1. The van der Waals surface area contributed by atoms with Crippen molar-refractivity contribution in [2.45, 2.75) is 33.2 Å². The van der Waals surface area contributed by atoms with E-state index in [9.17, 15) is 0 Å². The zero-order valence-corrected chi connectivity index (χ0v) is 12.3. The molecule has 0 saturated carbocycles. The standard InChI is InChI=1S/C15H24N2.ClH/c1-12-5-3-7-15(13(12)2)11-17-8-4-6-14(9-16)10-17;/h3,5,7,14H,4,6,8-11,16H2,1-2H3;1H. The molecular formula is C15H25ClN2. The Labute approximate surface area is 117 Å². The van der Waals surface area contributed by atoms with Crippen molar-refractivity contribution in [3.8, 4) is 0 Å². The highest BCUT2D eigenvalue weighted by Gasteiger charge is 2.19. The summed E-state index contributed by atoms with van der Waals surface area (Å²) in [7, 11) is 0. The molecule has 1 aliphatic heterocycles. The molecule has 1 saturated heterocycles. The first-order valence-electron chi connectivity index (χ1n) is 6.68. The van der Waals surface area contributed by atoms with Crippen molar-refractivity contribution in [3.63, 3.8) is 0 Å². The summed E-state index contributed by atoms with van der Waals surface area (Å²) < 4.78 is 0. The van der Waals surface area contributed by atoms with Gasteiger partial charge in [0.2, 0.25) is 0 Å². The van der Waals surface area contributed by atoms with Crippen LogP contribution in [0.5, 0.6) is 0 Å². The van der Waals surface area contributed by atoms with Gasteiger partial charge in [0.05, 0.1) is 0 Å². The highest BCUT2D eigenvalue weighted by Crippen LogP contribution is 2.20. The van der Waals surface area contributed by atoms with Gasteiger partial charge in [-0.15, -0.1) is 12.4 Å². The van der Waals surface area contributed by atoms with Gasteiger partial charge in [-0.3, -0.25) is 4.90 Å². The van der Waals surface area contributed by atoms with Crippen molar-refractivity contribution < 1.29 is 0 Å². The lowest BCUT2D eigenvalue weighted by Gasteiger charge is -2.32. The molecule has 0 aliphatic carbocycles. The number of benzene rings is 1. The topological polar surface area (TPSA) is 29.3 Å². The van der Waals surface area contributed by atoms with Crippen LogP contribution in [0, 0.1) is 19.8 Å². The number of likely N-dealkylation sites (tertiary alicyclic amines) is 1. The lowest BCUT2D eigenvalue weighted by atomic mass is 9.96. The third kappa shape index (κ3) is 3.71. The van der Waals surface area contributed by atoms with Gasteiger partial charge in [0.15, 0.2) is 0 Å². The second-order valence-corrected chi connectivity index (χ2v) is 5.34. The first kappa shape index (κ1) is 15.5. The van der Waals surface area contributed by atoms with Crippen molar-refractivity contribution >= 4 is 12.4 Å². The van der Waals surface area contributed by atoms with Crippen LogP contribution in [0.15, 0.2) is 18.2 Å². The van der Waals surface area contributed by atoms with Gasteiger partial charge in [-0.1, -0.05) is 18.2 Å². The van der Waals surface area contributed by atoms with E-state index in [-0.39, 0.29) is 12.4 Å². The minimum atomic E-state index is 0. The third-order valence-corrected chi connectivity index (χ3v) is 4.05. The predicted octanol–water partition coefficient (Wildman–Crippen LogP) is 2.90. The Morgan fingerprint density at radius 3 is 2.83 bits per heavy atom. The van der Waals surface area contributed by atoms with Crippen molar-refractivity contribution in [1.29, 1.82) is 0 Å². The summed E-state index contributed by atoms with van der Waals surface area (Å²) >= 11 is 0. The summed E-state index contributed by atoms with van der Waals surface area (Å²) in [6, 6.07) is 6.62. The molecule has 2 nitrogen and oxygen atoms in total. The van der Waals surface area contributed by atoms with Crippen LogP contribution in [0.2, 0.25) is 0 Å². The summed E-state index contributed by atoms with van der Waals surface area (Å²) in [6.45, 7) is 8.74. The molecule has 1 heterocycles. The fourth-order valence-corrected chi connectivity index (χ4v) is 2.71. The van der Waals surface area contributed by atoms with Gasteiger partial charge in [0, 0.05) is 13.1 Å². The lowest BCUT2D eigenvalue weighted by molar-refractivity contribution is 0.171. The molecule has 102 valence electrons. The summed E-state index contributed by atoms with van der Waals surface area (Å²) in [5.74, 6) is 0.703. The molecule has 2 rings (SSSR count). The van der Waals surface area contributed by atoms with Crippen molar-refractivity contribution in [2.24, 2.45) is 11.7 Å². The van der Waals surface area contributed by atoms with Gasteiger partial charge in [-0.2, -0.15) is 0 Å². The Morgan fingerprint density at radius 1 is 1.33 bits per heavy atom. The molecule has 3 heteroatoms. The number of hydrogen-bond acceptors (Lipinski definition) is 2. The smallest absolute Gasteiger partial charge is 0.0236 e. The van der Waals surface area contributed by atoms with E-state index in [0.717, 1.165) is 13.1 Å². The van der Waals surface area contributed by atoms with Crippen LogP contribution in [-0.2, 0) is 6.54 Å². The number of rotatable bonds is 3. The molecule has 1 aliphatic rings. The van der Waals surface area contributed by atoms with Crippen molar-refractivity contribution in [2.75, 3.05) is 19.6 Å². The van der Waals surface area contributed by atoms with Crippen LogP contribution in [0.4, 0.5) is 0 Å². The number of piperidine rings is 1. The molecule has 1 aromatic carbocycles. The van der Waals surface area contributed by atoms with E-state index in [0.29, 0.717) is 5.92 Å². The second kappa shape index (κ2) is 7.13. The van der Waals surface area contributed by atoms with Gasteiger partial charge < -0.3 is 5.73 Å². The molecule has 0 amide bonds. The summed E-state index contributed by atoms with van der Waals surface area (Å²) in [5, 5.41) is 0. The number of nitrogens with two attached hydrogens (primary N) is 1. The van der Waals surface area contributed by atoms with E-state index in [1.807, 2.05) is 0 Å². The van der Waals surface area contributed by atoms with Crippen LogP contribution in [0.25, 0.3) is 0 Å². The Hall–Kier alpha value is -0.570. The predicted molar refractivity (Wildman–Crippen MR) is 80.2 cm³/mol. The van der Waals surface area contributed by atoms with E-state index < -0.39 is 0 Å². The Bertz CT molecular complexity index is 379. The quantitative estimate of drug-likeness (QED) is 0.913. The molecule has 0 aromatic heterocycles. The average Bonchev–Trinajstić information content (AvgIpc) is 2.35. The van der Waals surface area contributed by atoms with Crippen molar-refractivity contribution in [3.05, 3.63) is 34.9 Å². The first-order valence-corrected chi connectivity index (χ1v) is 6.68. The van der Waals surface area contributed by atoms with E-state index >= 15 is 0 Å². The maximum atomic E-state index is 5.79. The maximum absolute atomic E-state index is 5.79. The molecule has 1 aromatic rings. The van der Waals surface area contributed by atoms with Crippen molar-refractivity contribution in [1.82, 2.24) is 4.90 Å². The average molecular weight is 269 g/mol. The SMILES string of the molecule is Cc1cccc(CN2CCCC(CN)C2)c1C.Cl. The molecule has 1 atom stereocenters. The van der Waals surface area contributed by atoms with Crippen LogP contribution in [-0.4, -0.2) is 24.5 Å². The molecule has 0 spiro atoms. The zero-order chi connectivity index (χ0) is 12.3. The molecule has 1 fully saturated rings. The Morgan fingerprint density at radius 2 is 2.11 bits per heavy atom. The largest absolute Gasteiger partial charge is 0.330 e. The minimum absolute atomic E-state index is 0. The Kier molecular flexibility index (Phi) is 6.13. The van der Waals surface area contributed by atoms with Gasteiger partial charge in [-0.05, 0) is 62.4 Å². The summed E-state index contributed by atoms with van der Waals surface area (Å²) in [6.07, 6.45) is 2.60. The third-order valence-electron chi connectivity index (χ3n) is 4.05. The lowest BCUT2D eigenvalue weighted by Crippen LogP contribution is -2.38. The van der Waals surface area contributed by atoms with Crippen LogP contribution >= 0.6 is 12.4 Å². The summed E-state index contributed by atoms with van der Waals surface area (Å²) in [5.41, 5.74) is 10.1. The Balaban J connectivity index is 0.00000162. The molecule has 0 radical (unpaired) electrons. The van der Waals surface area contributed by atoms with Gasteiger partial charge >= 0.3 is 0 Å².